The molecule has 0 amide bonds. The Hall–Kier alpha value is -0.370. The van der Waals surface area contributed by atoms with E-state index in [1.165, 1.54) is 6.42 Å². The zero-order valence-corrected chi connectivity index (χ0v) is 8.47. The molecule has 0 aliphatic heterocycles. The van der Waals surface area contributed by atoms with Crippen LogP contribution in [0, 0.1) is 5.92 Å². The molecular weight excluding hydrogens is 150 g/mol. The highest BCUT2D eigenvalue weighted by atomic mass is 16.1. The topological polar surface area (TPSA) is 43.1 Å². The van der Waals surface area contributed by atoms with E-state index in [0.717, 1.165) is 12.8 Å². The van der Waals surface area contributed by atoms with Gasteiger partial charge >= 0.3 is 0 Å². The van der Waals surface area contributed by atoms with E-state index in [9.17, 15) is 4.79 Å². The summed E-state index contributed by atoms with van der Waals surface area (Å²) < 4.78 is 0. The molecule has 0 saturated carbocycles. The Morgan fingerprint density at radius 1 is 1.33 bits per heavy atom. The Balaban J connectivity index is 3.57. The predicted molar refractivity (Wildman–Crippen MR) is 52.0 cm³/mol. The second-order valence-electron chi connectivity index (χ2n) is 3.57. The number of unbranched alkanes of at least 4 members (excludes halogenated alkanes) is 2. The van der Waals surface area contributed by atoms with Gasteiger partial charge in [-0.2, -0.15) is 0 Å². The Kier molecular flexibility index (Phi) is 5.99. The van der Waals surface area contributed by atoms with E-state index in [-0.39, 0.29) is 12.0 Å². The minimum atomic E-state index is -0.000809. The minimum Gasteiger partial charge on any atom is -0.327 e. The summed E-state index contributed by atoms with van der Waals surface area (Å²) in [5.74, 6) is 0.348. The largest absolute Gasteiger partial charge is 0.327 e. The lowest BCUT2D eigenvalue weighted by Crippen LogP contribution is -2.30. The van der Waals surface area contributed by atoms with Gasteiger partial charge in [0.25, 0.3) is 0 Å². The summed E-state index contributed by atoms with van der Waals surface area (Å²) in [6.45, 7) is 5.95. The monoisotopic (exact) mass is 171 g/mol. The number of rotatable bonds is 6. The van der Waals surface area contributed by atoms with Gasteiger partial charge in [-0.25, -0.2) is 0 Å². The van der Waals surface area contributed by atoms with Crippen molar-refractivity contribution in [2.24, 2.45) is 11.7 Å². The number of hydrogen-bond acceptors (Lipinski definition) is 2. The van der Waals surface area contributed by atoms with Crippen LogP contribution in [0.5, 0.6) is 0 Å². The molecule has 0 rings (SSSR count). The van der Waals surface area contributed by atoms with E-state index in [1.807, 2.05) is 13.8 Å². The van der Waals surface area contributed by atoms with Gasteiger partial charge in [-0.1, -0.05) is 26.7 Å². The van der Waals surface area contributed by atoms with Gasteiger partial charge < -0.3 is 5.73 Å². The Morgan fingerprint density at radius 3 is 2.33 bits per heavy atom. The van der Waals surface area contributed by atoms with Gasteiger partial charge in [0.1, 0.15) is 5.78 Å². The van der Waals surface area contributed by atoms with Crippen LogP contribution in [0.1, 0.15) is 46.5 Å². The number of nitrogens with two attached hydrogens (primary N) is 1. The molecule has 2 nitrogen and oxygen atoms in total. The molecule has 72 valence electrons. The van der Waals surface area contributed by atoms with Crippen molar-refractivity contribution in [2.75, 3.05) is 0 Å². The molecular formula is C10H21NO. The second-order valence-corrected chi connectivity index (χ2v) is 3.57. The van der Waals surface area contributed by atoms with Crippen LogP contribution in [0.15, 0.2) is 0 Å². The standard InChI is InChI=1S/C10H21NO/c1-4-5-6-7-10(12)8(2)9(3)11/h8-9H,4-7,11H2,1-3H3. The van der Waals surface area contributed by atoms with Crippen LogP contribution < -0.4 is 5.73 Å². The average molecular weight is 171 g/mol. The van der Waals surface area contributed by atoms with E-state index in [4.69, 9.17) is 5.73 Å². The van der Waals surface area contributed by atoms with Gasteiger partial charge in [0, 0.05) is 18.4 Å². The molecule has 2 unspecified atom stereocenters. The first kappa shape index (κ1) is 11.6. The molecule has 2 heteroatoms. The van der Waals surface area contributed by atoms with Gasteiger partial charge in [0.2, 0.25) is 0 Å². The van der Waals surface area contributed by atoms with Crippen molar-refractivity contribution in [2.45, 2.75) is 52.5 Å². The van der Waals surface area contributed by atoms with E-state index in [2.05, 4.69) is 6.92 Å². The molecule has 0 bridgehead atoms. The summed E-state index contributed by atoms with van der Waals surface area (Å²) in [6, 6.07) is -0.000809. The highest BCUT2D eigenvalue weighted by Crippen LogP contribution is 2.08. The van der Waals surface area contributed by atoms with E-state index in [1.54, 1.807) is 0 Å². The molecule has 0 fully saturated rings. The normalized spacial score (nSPS) is 15.7. The molecule has 0 aliphatic carbocycles. The molecule has 0 aromatic carbocycles. The maximum Gasteiger partial charge on any atom is 0.137 e. The van der Waals surface area contributed by atoms with Crippen molar-refractivity contribution in [3.8, 4) is 0 Å². The molecule has 0 heterocycles. The zero-order valence-electron chi connectivity index (χ0n) is 8.47. The van der Waals surface area contributed by atoms with Crippen LogP contribution in [-0.4, -0.2) is 11.8 Å². The Bertz CT molecular complexity index is 132. The summed E-state index contributed by atoms with van der Waals surface area (Å²) >= 11 is 0. The molecule has 0 aliphatic rings. The molecule has 2 N–H and O–H groups in total. The predicted octanol–water partition coefficient (Wildman–Crippen LogP) is 2.12. The van der Waals surface area contributed by atoms with Gasteiger partial charge in [-0.15, -0.1) is 0 Å². The summed E-state index contributed by atoms with van der Waals surface area (Å²) in [4.78, 5) is 11.4. The van der Waals surface area contributed by atoms with Crippen molar-refractivity contribution >= 4 is 5.78 Å². The third-order valence-electron chi connectivity index (χ3n) is 2.32. The van der Waals surface area contributed by atoms with Gasteiger partial charge in [0.15, 0.2) is 0 Å². The van der Waals surface area contributed by atoms with Crippen molar-refractivity contribution in [3.63, 3.8) is 0 Å². The fourth-order valence-corrected chi connectivity index (χ4v) is 1.07. The van der Waals surface area contributed by atoms with Crippen molar-refractivity contribution in [1.29, 1.82) is 0 Å². The zero-order chi connectivity index (χ0) is 9.56. The van der Waals surface area contributed by atoms with Crippen LogP contribution >= 0.6 is 0 Å². The lowest BCUT2D eigenvalue weighted by atomic mass is 9.95. The molecule has 2 atom stereocenters. The van der Waals surface area contributed by atoms with Gasteiger partial charge in [-0.3, -0.25) is 4.79 Å². The summed E-state index contributed by atoms with van der Waals surface area (Å²) in [5.41, 5.74) is 5.62. The molecule has 0 spiro atoms. The van der Waals surface area contributed by atoms with Crippen molar-refractivity contribution in [1.82, 2.24) is 0 Å². The second kappa shape index (κ2) is 6.18. The van der Waals surface area contributed by atoms with Crippen LogP contribution in [0.3, 0.4) is 0 Å². The van der Waals surface area contributed by atoms with Crippen LogP contribution in [0.2, 0.25) is 0 Å². The van der Waals surface area contributed by atoms with Crippen molar-refractivity contribution in [3.05, 3.63) is 0 Å². The average Bonchev–Trinajstić information content (AvgIpc) is 2.03. The molecule has 12 heavy (non-hydrogen) atoms. The lowest BCUT2D eigenvalue weighted by Gasteiger charge is -2.13. The molecule has 0 aromatic heterocycles. The number of carbonyl (C=O) groups excluding carboxylic acids is 1. The molecule has 0 radical (unpaired) electrons. The maximum absolute atomic E-state index is 11.4. The third kappa shape index (κ3) is 4.50. The first-order chi connectivity index (χ1) is 5.59. The summed E-state index contributed by atoms with van der Waals surface area (Å²) in [5, 5.41) is 0. The Labute approximate surface area is 75.5 Å². The SMILES string of the molecule is CCCCCC(=O)C(C)C(C)N. The van der Waals surface area contributed by atoms with Crippen LogP contribution in [0.4, 0.5) is 0 Å². The van der Waals surface area contributed by atoms with E-state index < -0.39 is 0 Å². The number of ketones is 1. The van der Waals surface area contributed by atoms with E-state index in [0.29, 0.717) is 12.2 Å². The number of hydrogen-bond donors (Lipinski definition) is 1. The molecule has 0 aromatic rings. The number of carbonyl (C=O) groups is 1. The first-order valence-electron chi connectivity index (χ1n) is 4.87. The fourth-order valence-electron chi connectivity index (χ4n) is 1.07. The van der Waals surface area contributed by atoms with Gasteiger partial charge in [-0.05, 0) is 13.3 Å². The fraction of sp³-hybridized carbons (Fsp3) is 0.900. The number of Topliss-reactive ketones (excluding diaryl/α,β-unsaturated/α-hetero) is 1. The quantitative estimate of drug-likeness (QED) is 0.622. The smallest absolute Gasteiger partial charge is 0.137 e. The highest BCUT2D eigenvalue weighted by Gasteiger charge is 2.15. The van der Waals surface area contributed by atoms with Crippen molar-refractivity contribution < 1.29 is 4.79 Å². The highest BCUT2D eigenvalue weighted by molar-refractivity contribution is 5.81. The lowest BCUT2D eigenvalue weighted by molar-refractivity contribution is -0.122. The Morgan fingerprint density at radius 2 is 1.92 bits per heavy atom. The van der Waals surface area contributed by atoms with E-state index >= 15 is 0 Å². The van der Waals surface area contributed by atoms with Gasteiger partial charge in [0.05, 0.1) is 0 Å². The summed E-state index contributed by atoms with van der Waals surface area (Å²) in [7, 11) is 0. The van der Waals surface area contributed by atoms with Crippen LogP contribution in [-0.2, 0) is 4.79 Å². The minimum absolute atomic E-state index is 0.000809. The molecule has 0 saturated heterocycles. The van der Waals surface area contributed by atoms with Crippen LogP contribution in [0.25, 0.3) is 0 Å². The maximum atomic E-state index is 11.4. The first-order valence-corrected chi connectivity index (χ1v) is 4.87. The summed E-state index contributed by atoms with van der Waals surface area (Å²) in [6.07, 6.45) is 4.04. The third-order valence-corrected chi connectivity index (χ3v) is 2.32.